The van der Waals surface area contributed by atoms with Crippen molar-refractivity contribution in [1.82, 2.24) is 9.29 Å². The number of thiazole rings is 1. The zero-order valence-corrected chi connectivity index (χ0v) is 11.7. The minimum Gasteiger partial charge on any atom is -0.480 e. The fourth-order valence-electron chi connectivity index (χ4n) is 2.12. The van der Waals surface area contributed by atoms with E-state index in [1.54, 1.807) is 13.8 Å². The molecule has 1 N–H and O–H groups in total. The van der Waals surface area contributed by atoms with Crippen molar-refractivity contribution in [3.63, 3.8) is 0 Å². The number of carboxylic acids is 1. The minimum atomic E-state index is -3.74. The lowest BCUT2D eigenvalue weighted by Gasteiger charge is -2.21. The summed E-state index contributed by atoms with van der Waals surface area (Å²) >= 11 is 1.06. The second-order valence-corrected chi connectivity index (χ2v) is 7.72. The molecule has 1 aromatic heterocycles. The SMILES string of the molecule is Cc1ncc(S(=O)(=O)N2CCC(C)C2C(=O)O)s1. The molecule has 8 heteroatoms. The van der Waals surface area contributed by atoms with Gasteiger partial charge in [0, 0.05) is 6.54 Å². The van der Waals surface area contributed by atoms with Gasteiger partial charge in [-0.2, -0.15) is 4.31 Å². The second-order valence-electron chi connectivity index (χ2n) is 4.36. The number of nitrogens with zero attached hydrogens (tertiary/aromatic N) is 2. The fourth-order valence-corrected chi connectivity index (χ4v) is 5.06. The fraction of sp³-hybridized carbons (Fsp3) is 0.600. The molecule has 2 atom stereocenters. The lowest BCUT2D eigenvalue weighted by atomic mass is 10.0. The van der Waals surface area contributed by atoms with E-state index < -0.39 is 22.0 Å². The molecule has 18 heavy (non-hydrogen) atoms. The smallest absolute Gasteiger partial charge is 0.322 e. The maximum Gasteiger partial charge on any atom is 0.322 e. The summed E-state index contributed by atoms with van der Waals surface area (Å²) in [5.74, 6) is -1.27. The van der Waals surface area contributed by atoms with Crippen LogP contribution >= 0.6 is 11.3 Å². The zero-order chi connectivity index (χ0) is 13.5. The van der Waals surface area contributed by atoms with Crippen LogP contribution in [0.2, 0.25) is 0 Å². The van der Waals surface area contributed by atoms with Gasteiger partial charge in [0.15, 0.2) is 4.21 Å². The van der Waals surface area contributed by atoms with Crippen LogP contribution in [0.5, 0.6) is 0 Å². The van der Waals surface area contributed by atoms with Crippen LogP contribution < -0.4 is 0 Å². The van der Waals surface area contributed by atoms with Crippen molar-refractivity contribution < 1.29 is 18.3 Å². The summed E-state index contributed by atoms with van der Waals surface area (Å²) in [6, 6.07) is -0.975. The molecule has 0 aromatic carbocycles. The summed E-state index contributed by atoms with van der Waals surface area (Å²) in [4.78, 5) is 15.1. The van der Waals surface area contributed by atoms with Gasteiger partial charge >= 0.3 is 5.97 Å². The molecule has 0 bridgehead atoms. The highest BCUT2D eigenvalue weighted by molar-refractivity contribution is 7.91. The Morgan fingerprint density at radius 3 is 2.78 bits per heavy atom. The molecule has 6 nitrogen and oxygen atoms in total. The van der Waals surface area contributed by atoms with Crippen LogP contribution in [0.25, 0.3) is 0 Å². The molecule has 2 unspecified atom stereocenters. The van der Waals surface area contributed by atoms with Crippen molar-refractivity contribution in [3.05, 3.63) is 11.2 Å². The van der Waals surface area contributed by atoms with Gasteiger partial charge in [0.1, 0.15) is 6.04 Å². The lowest BCUT2D eigenvalue weighted by Crippen LogP contribution is -2.42. The molecule has 1 aliphatic rings. The normalized spacial score (nSPS) is 25.4. The van der Waals surface area contributed by atoms with Gasteiger partial charge in [-0.15, -0.1) is 11.3 Å². The van der Waals surface area contributed by atoms with Gasteiger partial charge in [-0.3, -0.25) is 4.79 Å². The molecule has 0 amide bonds. The molecule has 0 aliphatic carbocycles. The molecule has 1 aromatic rings. The predicted octanol–water partition coefficient (Wildman–Crippen LogP) is 0.935. The van der Waals surface area contributed by atoms with E-state index in [1.165, 1.54) is 6.20 Å². The molecule has 0 radical (unpaired) electrons. The number of carboxylic acid groups (broad SMARTS) is 1. The van der Waals surface area contributed by atoms with Crippen molar-refractivity contribution in [2.45, 2.75) is 30.5 Å². The Morgan fingerprint density at radius 2 is 2.28 bits per heavy atom. The number of carbonyl (C=O) groups is 1. The number of aryl methyl sites for hydroxylation is 1. The van der Waals surface area contributed by atoms with E-state index in [1.807, 2.05) is 0 Å². The van der Waals surface area contributed by atoms with Crippen LogP contribution in [-0.4, -0.2) is 41.4 Å². The maximum atomic E-state index is 12.3. The molecule has 1 fully saturated rings. The highest BCUT2D eigenvalue weighted by atomic mass is 32.2. The number of hydrogen-bond donors (Lipinski definition) is 1. The van der Waals surface area contributed by atoms with Crippen LogP contribution in [-0.2, 0) is 14.8 Å². The van der Waals surface area contributed by atoms with Crippen LogP contribution in [0.1, 0.15) is 18.4 Å². The average molecular weight is 290 g/mol. The number of rotatable bonds is 3. The Bertz CT molecular complexity index is 566. The van der Waals surface area contributed by atoms with Gasteiger partial charge in [-0.25, -0.2) is 13.4 Å². The maximum absolute atomic E-state index is 12.3. The number of sulfonamides is 1. The van der Waals surface area contributed by atoms with Crippen molar-refractivity contribution >= 4 is 27.3 Å². The average Bonchev–Trinajstić information content (AvgIpc) is 2.84. The molecule has 0 spiro atoms. The van der Waals surface area contributed by atoms with Gasteiger partial charge in [-0.1, -0.05) is 6.92 Å². The Kier molecular flexibility index (Phi) is 3.43. The Labute approximate surface area is 109 Å². The van der Waals surface area contributed by atoms with E-state index in [-0.39, 0.29) is 16.7 Å². The Morgan fingerprint density at radius 1 is 1.61 bits per heavy atom. The monoisotopic (exact) mass is 290 g/mol. The molecular weight excluding hydrogens is 276 g/mol. The summed E-state index contributed by atoms with van der Waals surface area (Å²) in [6.07, 6.45) is 1.85. The standard InChI is InChI=1S/C10H14N2O4S2/c1-6-3-4-12(9(6)10(13)14)18(15,16)8-5-11-7(2)17-8/h5-6,9H,3-4H2,1-2H3,(H,13,14). The number of aliphatic carboxylic acids is 1. The first-order valence-corrected chi connectivity index (χ1v) is 7.77. The summed E-state index contributed by atoms with van der Waals surface area (Å²) in [7, 11) is -3.74. The zero-order valence-electron chi connectivity index (χ0n) is 10.0. The van der Waals surface area contributed by atoms with Crippen molar-refractivity contribution in [1.29, 1.82) is 0 Å². The molecule has 2 rings (SSSR count). The third-order valence-electron chi connectivity index (χ3n) is 3.07. The van der Waals surface area contributed by atoms with Crippen LogP contribution in [0.4, 0.5) is 0 Å². The lowest BCUT2D eigenvalue weighted by molar-refractivity contribution is -0.141. The second kappa shape index (κ2) is 4.60. The first-order valence-electron chi connectivity index (χ1n) is 5.51. The van der Waals surface area contributed by atoms with Crippen LogP contribution in [0, 0.1) is 12.8 Å². The summed E-state index contributed by atoms with van der Waals surface area (Å²) in [5, 5.41) is 9.80. The molecular formula is C10H14N2O4S2. The first kappa shape index (κ1) is 13.4. The topological polar surface area (TPSA) is 87.6 Å². The highest BCUT2D eigenvalue weighted by Crippen LogP contribution is 2.32. The van der Waals surface area contributed by atoms with Gasteiger partial charge in [0.05, 0.1) is 11.2 Å². The van der Waals surface area contributed by atoms with Gasteiger partial charge in [0.25, 0.3) is 10.0 Å². The molecule has 1 aliphatic heterocycles. The Balaban J connectivity index is 2.39. The number of aromatic nitrogens is 1. The largest absolute Gasteiger partial charge is 0.480 e. The van der Waals surface area contributed by atoms with E-state index in [0.29, 0.717) is 11.4 Å². The van der Waals surface area contributed by atoms with Crippen LogP contribution in [0.15, 0.2) is 10.4 Å². The van der Waals surface area contributed by atoms with Gasteiger partial charge in [0.2, 0.25) is 0 Å². The van der Waals surface area contributed by atoms with Crippen molar-refractivity contribution in [2.75, 3.05) is 6.54 Å². The summed E-state index contributed by atoms with van der Waals surface area (Å²) in [6.45, 7) is 3.72. The molecule has 1 saturated heterocycles. The van der Waals surface area contributed by atoms with E-state index in [2.05, 4.69) is 4.98 Å². The molecule has 100 valence electrons. The van der Waals surface area contributed by atoms with Gasteiger partial charge in [-0.05, 0) is 19.3 Å². The van der Waals surface area contributed by atoms with E-state index in [9.17, 15) is 13.2 Å². The quantitative estimate of drug-likeness (QED) is 0.895. The molecule has 0 saturated carbocycles. The number of hydrogen-bond acceptors (Lipinski definition) is 5. The summed E-state index contributed by atoms with van der Waals surface area (Å²) < 4.78 is 25.9. The van der Waals surface area contributed by atoms with E-state index in [0.717, 1.165) is 15.6 Å². The first-order chi connectivity index (χ1) is 8.34. The predicted molar refractivity (Wildman–Crippen MR) is 65.9 cm³/mol. The van der Waals surface area contributed by atoms with Crippen LogP contribution in [0.3, 0.4) is 0 Å². The van der Waals surface area contributed by atoms with Gasteiger partial charge < -0.3 is 5.11 Å². The van der Waals surface area contributed by atoms with E-state index in [4.69, 9.17) is 5.11 Å². The van der Waals surface area contributed by atoms with Crippen molar-refractivity contribution in [3.8, 4) is 0 Å². The van der Waals surface area contributed by atoms with E-state index >= 15 is 0 Å². The summed E-state index contributed by atoms with van der Waals surface area (Å²) in [5.41, 5.74) is 0. The minimum absolute atomic E-state index is 0.111. The Hall–Kier alpha value is -0.990. The third-order valence-corrected chi connectivity index (χ3v) is 6.30. The van der Waals surface area contributed by atoms with Crippen molar-refractivity contribution in [2.24, 2.45) is 5.92 Å². The third kappa shape index (κ3) is 2.15. The molecule has 2 heterocycles. The highest BCUT2D eigenvalue weighted by Gasteiger charge is 2.44.